The summed E-state index contributed by atoms with van der Waals surface area (Å²) < 4.78 is 5.51. The third-order valence-corrected chi connectivity index (χ3v) is 2.65. The average molecular weight is 253 g/mol. The Morgan fingerprint density at radius 2 is 2.11 bits per heavy atom. The van der Waals surface area contributed by atoms with Crippen LogP contribution in [0.5, 0.6) is 5.75 Å². The van der Waals surface area contributed by atoms with E-state index < -0.39 is 16.5 Å². The minimum absolute atomic E-state index is 0.193. The van der Waals surface area contributed by atoms with Gasteiger partial charge in [-0.2, -0.15) is 0 Å². The van der Waals surface area contributed by atoms with Crippen molar-refractivity contribution in [2.45, 2.75) is 32.8 Å². The summed E-state index contributed by atoms with van der Waals surface area (Å²) in [4.78, 5) is 21.3. The number of benzene rings is 1. The first-order chi connectivity index (χ1) is 8.28. The van der Waals surface area contributed by atoms with E-state index in [0.29, 0.717) is 6.42 Å². The minimum Gasteiger partial charge on any atom is -0.480 e. The topological polar surface area (TPSA) is 89.7 Å². The van der Waals surface area contributed by atoms with Crippen molar-refractivity contribution in [1.82, 2.24) is 0 Å². The maximum atomic E-state index is 11.1. The van der Waals surface area contributed by atoms with Crippen molar-refractivity contribution in [3.63, 3.8) is 0 Å². The lowest BCUT2D eigenvalue weighted by atomic mass is 10.1. The van der Waals surface area contributed by atoms with Crippen molar-refractivity contribution in [1.29, 1.82) is 0 Å². The van der Waals surface area contributed by atoms with Gasteiger partial charge in [-0.25, -0.2) is 4.79 Å². The van der Waals surface area contributed by atoms with Crippen molar-refractivity contribution in [3.05, 3.63) is 33.9 Å². The number of hydrogen-bond donors (Lipinski definition) is 1. The predicted molar refractivity (Wildman–Crippen MR) is 65.1 cm³/mol. The SMILES string of the molecule is CCC(C)(C)Oc1c(C(=O)O)cccc1[N+](=O)[O-]. The largest absolute Gasteiger partial charge is 0.480 e. The summed E-state index contributed by atoms with van der Waals surface area (Å²) in [5.41, 5.74) is -1.21. The van der Waals surface area contributed by atoms with Gasteiger partial charge in [0.15, 0.2) is 0 Å². The first kappa shape index (κ1) is 14.0. The molecule has 0 bridgehead atoms. The molecule has 0 amide bonds. The zero-order chi connectivity index (χ0) is 13.9. The number of nitrogens with zero attached hydrogens (tertiary/aromatic N) is 1. The molecule has 0 fully saturated rings. The van der Waals surface area contributed by atoms with Gasteiger partial charge in [0.25, 0.3) is 0 Å². The number of para-hydroxylation sites is 1. The predicted octanol–water partition coefficient (Wildman–Crippen LogP) is 2.86. The van der Waals surface area contributed by atoms with Gasteiger partial charge in [0.2, 0.25) is 5.75 Å². The summed E-state index contributed by atoms with van der Waals surface area (Å²) in [5.74, 6) is -1.44. The first-order valence-electron chi connectivity index (χ1n) is 5.48. The normalized spacial score (nSPS) is 11.1. The summed E-state index contributed by atoms with van der Waals surface area (Å²) in [7, 11) is 0. The van der Waals surface area contributed by atoms with E-state index in [4.69, 9.17) is 9.84 Å². The van der Waals surface area contributed by atoms with E-state index in [9.17, 15) is 14.9 Å². The molecule has 18 heavy (non-hydrogen) atoms. The van der Waals surface area contributed by atoms with Gasteiger partial charge < -0.3 is 9.84 Å². The lowest BCUT2D eigenvalue weighted by Gasteiger charge is -2.25. The minimum atomic E-state index is -1.25. The zero-order valence-corrected chi connectivity index (χ0v) is 10.5. The van der Waals surface area contributed by atoms with Crippen LogP contribution in [0.2, 0.25) is 0 Å². The standard InChI is InChI=1S/C12H15NO5/c1-4-12(2,3)18-10-8(11(14)15)6-5-7-9(10)13(16)17/h5-7H,4H2,1-3H3,(H,14,15). The van der Waals surface area contributed by atoms with Crippen LogP contribution >= 0.6 is 0 Å². The Kier molecular flexibility index (Phi) is 3.90. The van der Waals surface area contributed by atoms with Gasteiger partial charge in [0, 0.05) is 6.07 Å². The van der Waals surface area contributed by atoms with Gasteiger partial charge in [0.1, 0.15) is 11.2 Å². The molecule has 0 aliphatic rings. The van der Waals surface area contributed by atoms with Crippen LogP contribution in [0.15, 0.2) is 18.2 Å². The van der Waals surface area contributed by atoms with Crippen LogP contribution in [-0.2, 0) is 0 Å². The molecule has 1 aromatic rings. The smallest absolute Gasteiger partial charge is 0.339 e. The number of aromatic carboxylic acids is 1. The molecule has 0 spiro atoms. The Bertz CT molecular complexity index is 449. The highest BCUT2D eigenvalue weighted by atomic mass is 16.6. The monoisotopic (exact) mass is 253 g/mol. The number of rotatable bonds is 5. The van der Waals surface area contributed by atoms with E-state index in [1.54, 1.807) is 13.8 Å². The van der Waals surface area contributed by atoms with Crippen molar-refractivity contribution in [3.8, 4) is 5.75 Å². The maximum absolute atomic E-state index is 11.1. The molecular formula is C12H15NO5. The molecule has 0 unspecified atom stereocenters. The van der Waals surface area contributed by atoms with Crippen molar-refractivity contribution in [2.75, 3.05) is 0 Å². The lowest BCUT2D eigenvalue weighted by Crippen LogP contribution is -2.28. The van der Waals surface area contributed by atoms with Crippen molar-refractivity contribution < 1.29 is 19.6 Å². The Morgan fingerprint density at radius 3 is 2.56 bits per heavy atom. The van der Waals surface area contributed by atoms with Gasteiger partial charge >= 0.3 is 11.7 Å². The molecule has 6 nitrogen and oxygen atoms in total. The molecule has 0 aliphatic carbocycles. The number of carbonyl (C=O) groups is 1. The number of nitro groups is 1. The lowest BCUT2D eigenvalue weighted by molar-refractivity contribution is -0.386. The fourth-order valence-electron chi connectivity index (χ4n) is 1.29. The first-order valence-corrected chi connectivity index (χ1v) is 5.48. The van der Waals surface area contributed by atoms with Crippen LogP contribution in [0, 0.1) is 10.1 Å². The fraction of sp³-hybridized carbons (Fsp3) is 0.417. The average Bonchev–Trinajstić information content (AvgIpc) is 2.28. The number of nitro benzene ring substituents is 1. The van der Waals surface area contributed by atoms with E-state index in [1.165, 1.54) is 18.2 Å². The molecule has 1 rings (SSSR count). The Hall–Kier alpha value is -2.11. The second-order valence-corrected chi connectivity index (χ2v) is 4.43. The molecule has 0 aliphatic heterocycles. The molecular weight excluding hydrogens is 238 g/mol. The van der Waals surface area contributed by atoms with Crippen molar-refractivity contribution in [2.24, 2.45) is 0 Å². The summed E-state index contributed by atoms with van der Waals surface area (Å²) in [5, 5.41) is 19.9. The van der Waals surface area contributed by atoms with E-state index in [-0.39, 0.29) is 17.0 Å². The van der Waals surface area contributed by atoms with Gasteiger partial charge in [-0.05, 0) is 26.3 Å². The summed E-state index contributed by atoms with van der Waals surface area (Å²) in [6.07, 6.45) is 0.595. The van der Waals surface area contributed by atoms with Gasteiger partial charge in [0.05, 0.1) is 4.92 Å². The molecule has 0 aromatic heterocycles. The Labute approximate surface area is 104 Å². The number of carboxylic acid groups (broad SMARTS) is 1. The van der Waals surface area contributed by atoms with Crippen molar-refractivity contribution >= 4 is 11.7 Å². The van der Waals surface area contributed by atoms with Crippen LogP contribution in [0.25, 0.3) is 0 Å². The second-order valence-electron chi connectivity index (χ2n) is 4.43. The second kappa shape index (κ2) is 5.03. The molecule has 1 aromatic carbocycles. The van der Waals surface area contributed by atoms with Gasteiger partial charge in [-0.15, -0.1) is 0 Å². The third kappa shape index (κ3) is 2.97. The summed E-state index contributed by atoms with van der Waals surface area (Å²) >= 11 is 0. The molecule has 0 heterocycles. The van der Waals surface area contributed by atoms with Crippen LogP contribution in [-0.4, -0.2) is 21.6 Å². The van der Waals surface area contributed by atoms with Crippen LogP contribution < -0.4 is 4.74 Å². The highest BCUT2D eigenvalue weighted by Crippen LogP contribution is 2.34. The molecule has 6 heteroatoms. The quantitative estimate of drug-likeness (QED) is 0.643. The van der Waals surface area contributed by atoms with Gasteiger partial charge in [-0.3, -0.25) is 10.1 Å². The highest BCUT2D eigenvalue weighted by molar-refractivity contribution is 5.92. The van der Waals surface area contributed by atoms with E-state index in [0.717, 1.165) is 0 Å². The molecule has 0 atom stereocenters. The number of carboxylic acids is 1. The molecule has 0 saturated carbocycles. The molecule has 1 N–H and O–H groups in total. The van der Waals surface area contributed by atoms with Gasteiger partial charge in [-0.1, -0.05) is 13.0 Å². The summed E-state index contributed by atoms with van der Waals surface area (Å²) in [6, 6.07) is 3.84. The summed E-state index contributed by atoms with van der Waals surface area (Å²) in [6.45, 7) is 5.35. The number of ether oxygens (including phenoxy) is 1. The molecule has 0 radical (unpaired) electrons. The van der Waals surface area contributed by atoms with Crippen LogP contribution in [0.4, 0.5) is 5.69 Å². The third-order valence-electron chi connectivity index (χ3n) is 2.65. The van der Waals surface area contributed by atoms with E-state index in [1.807, 2.05) is 6.92 Å². The Balaban J connectivity index is 3.36. The zero-order valence-electron chi connectivity index (χ0n) is 10.5. The Morgan fingerprint density at radius 1 is 1.50 bits per heavy atom. The number of hydrogen-bond acceptors (Lipinski definition) is 4. The van der Waals surface area contributed by atoms with E-state index in [2.05, 4.69) is 0 Å². The molecule has 0 saturated heterocycles. The fourth-order valence-corrected chi connectivity index (χ4v) is 1.29. The highest BCUT2D eigenvalue weighted by Gasteiger charge is 2.28. The van der Waals surface area contributed by atoms with E-state index >= 15 is 0 Å². The van der Waals surface area contributed by atoms with Crippen LogP contribution in [0.3, 0.4) is 0 Å². The maximum Gasteiger partial charge on any atom is 0.339 e. The molecule has 98 valence electrons. The van der Waals surface area contributed by atoms with Crippen LogP contribution in [0.1, 0.15) is 37.6 Å².